The quantitative estimate of drug-likeness (QED) is 0.152. The summed E-state index contributed by atoms with van der Waals surface area (Å²) in [5.41, 5.74) is 5.92. The second kappa shape index (κ2) is 14.9. The minimum atomic E-state index is -3.98. The molecule has 0 unspecified atom stereocenters. The Labute approximate surface area is 263 Å². The molecule has 9 heteroatoms. The molecule has 1 aliphatic rings. The van der Waals surface area contributed by atoms with E-state index >= 15 is 0 Å². The summed E-state index contributed by atoms with van der Waals surface area (Å²) in [4.78, 5) is 2.71. The monoisotopic (exact) mass is 624 g/mol. The van der Waals surface area contributed by atoms with Crippen LogP contribution in [-0.2, 0) is 48.8 Å². The molecule has 8 nitrogen and oxygen atoms in total. The smallest absolute Gasteiger partial charge is 0.253 e. The molecule has 0 spiro atoms. The molecule has 1 saturated heterocycles. The molecule has 6 rings (SSSR count). The molecule has 0 bridgehead atoms. The van der Waals surface area contributed by atoms with Crippen molar-refractivity contribution in [2.75, 3.05) is 6.61 Å². The fourth-order valence-electron chi connectivity index (χ4n) is 5.38. The third kappa shape index (κ3) is 8.02. The topological polar surface area (TPSA) is 95.1 Å². The zero-order chi connectivity index (χ0) is 30.9. The minimum absolute atomic E-state index is 0.160. The van der Waals surface area contributed by atoms with Gasteiger partial charge >= 0.3 is 0 Å². The maximum Gasteiger partial charge on any atom is 0.253 e. The van der Waals surface area contributed by atoms with Crippen molar-refractivity contribution in [3.05, 3.63) is 150 Å². The van der Waals surface area contributed by atoms with E-state index in [1.165, 1.54) is 0 Å². The second-order valence-electron chi connectivity index (χ2n) is 10.8. The minimum Gasteiger partial charge on any atom is -0.374 e. The summed E-state index contributed by atoms with van der Waals surface area (Å²) in [6.45, 7) is 1.22. The Morgan fingerprint density at radius 2 is 1.13 bits per heavy atom. The lowest BCUT2D eigenvalue weighted by molar-refractivity contribution is -0.0901. The molecular weight excluding hydrogens is 588 g/mol. The number of fused-ring (bicyclic) bond motifs is 1. The van der Waals surface area contributed by atoms with Gasteiger partial charge in [0.05, 0.1) is 31.3 Å². The van der Waals surface area contributed by atoms with Crippen molar-refractivity contribution >= 4 is 20.8 Å². The van der Waals surface area contributed by atoms with E-state index in [1.807, 2.05) is 115 Å². The molecule has 0 saturated carbocycles. The van der Waals surface area contributed by atoms with Gasteiger partial charge in [0, 0.05) is 5.39 Å². The third-order valence-electron chi connectivity index (χ3n) is 7.65. The van der Waals surface area contributed by atoms with E-state index in [-0.39, 0.29) is 18.1 Å². The molecule has 1 heterocycles. The van der Waals surface area contributed by atoms with Crippen LogP contribution in [0.3, 0.4) is 0 Å². The Bertz CT molecular complexity index is 1750. The first-order valence-corrected chi connectivity index (χ1v) is 16.4. The highest BCUT2D eigenvalue weighted by Gasteiger charge is 2.47. The van der Waals surface area contributed by atoms with E-state index in [4.69, 9.17) is 18.9 Å². The summed E-state index contributed by atoms with van der Waals surface area (Å²) in [7, 11) is -3.98. The van der Waals surface area contributed by atoms with Crippen molar-refractivity contribution in [3.63, 3.8) is 0 Å². The largest absolute Gasteiger partial charge is 0.374 e. The van der Waals surface area contributed by atoms with Crippen molar-refractivity contribution in [1.29, 1.82) is 0 Å². The molecule has 232 valence electrons. The number of hydrogen-bond acceptors (Lipinski definition) is 7. The predicted octanol–water partition coefficient (Wildman–Crippen LogP) is 5.74. The number of ether oxygens (including phenoxy) is 4. The Hall–Kier alpha value is -3.93. The summed E-state index contributed by atoms with van der Waals surface area (Å²) in [5.74, 6) is 0. The molecule has 4 atom stereocenters. The Morgan fingerprint density at radius 3 is 1.78 bits per heavy atom. The van der Waals surface area contributed by atoms with Gasteiger partial charge in [0.25, 0.3) is 10.0 Å². The Morgan fingerprint density at radius 1 is 0.600 bits per heavy atom. The van der Waals surface area contributed by atoms with Crippen LogP contribution in [0.15, 0.2) is 138 Å². The maximum atomic E-state index is 13.6. The number of rotatable bonds is 14. The van der Waals surface area contributed by atoms with Gasteiger partial charge in [0.1, 0.15) is 18.3 Å². The standard InChI is InChI=1S/C36H36N2O6S/c39-45(40,33-22-12-20-30-19-10-11-21-31(30)33)38-37-36-35(43-25-29-17-8-3-9-18-29)34(42-24-28-15-6-2-7-16-28)32(44-36)26-41-23-27-13-4-1-5-14-27/h1-22,32,34-38H,23-26H2/t32-,34-,35-,36+/m1/s1. The molecule has 0 radical (unpaired) electrons. The predicted molar refractivity (Wildman–Crippen MR) is 172 cm³/mol. The molecule has 1 aliphatic heterocycles. The van der Waals surface area contributed by atoms with Crippen LogP contribution in [-0.4, -0.2) is 39.6 Å². The summed E-state index contributed by atoms with van der Waals surface area (Å²) in [6, 6.07) is 42.1. The van der Waals surface area contributed by atoms with Crippen LogP contribution in [0.25, 0.3) is 10.8 Å². The van der Waals surface area contributed by atoms with Gasteiger partial charge < -0.3 is 18.9 Å². The molecule has 0 aliphatic carbocycles. The van der Waals surface area contributed by atoms with E-state index in [2.05, 4.69) is 10.3 Å². The maximum absolute atomic E-state index is 13.6. The van der Waals surface area contributed by atoms with Gasteiger partial charge in [-0.25, -0.2) is 13.8 Å². The summed E-state index contributed by atoms with van der Waals surface area (Å²) >= 11 is 0. The fourth-order valence-corrected chi connectivity index (χ4v) is 6.50. The van der Waals surface area contributed by atoms with Crippen molar-refractivity contribution in [2.45, 2.75) is 49.3 Å². The van der Waals surface area contributed by atoms with Gasteiger partial charge in [-0.15, -0.1) is 4.83 Å². The molecule has 2 N–H and O–H groups in total. The van der Waals surface area contributed by atoms with E-state index in [0.29, 0.717) is 18.6 Å². The summed E-state index contributed by atoms with van der Waals surface area (Å²) < 4.78 is 52.5. The number of hydrogen-bond donors (Lipinski definition) is 2. The van der Waals surface area contributed by atoms with Crippen molar-refractivity contribution in [3.8, 4) is 0 Å². The lowest BCUT2D eigenvalue weighted by atomic mass is 10.1. The van der Waals surface area contributed by atoms with Crippen molar-refractivity contribution in [2.24, 2.45) is 0 Å². The number of sulfonamides is 1. The fraction of sp³-hybridized carbons (Fsp3) is 0.222. The van der Waals surface area contributed by atoms with Gasteiger partial charge in [-0.1, -0.05) is 127 Å². The van der Waals surface area contributed by atoms with Crippen LogP contribution >= 0.6 is 0 Å². The average Bonchev–Trinajstić information content (AvgIpc) is 3.42. The highest BCUT2D eigenvalue weighted by Crippen LogP contribution is 2.29. The molecular formula is C36H36N2O6S. The van der Waals surface area contributed by atoms with Gasteiger partial charge in [0.15, 0.2) is 6.23 Å². The Kier molecular flexibility index (Phi) is 10.3. The van der Waals surface area contributed by atoms with Crippen molar-refractivity contribution < 1.29 is 27.4 Å². The third-order valence-corrected chi connectivity index (χ3v) is 8.97. The zero-order valence-corrected chi connectivity index (χ0v) is 25.5. The molecule has 5 aromatic rings. The van der Waals surface area contributed by atoms with E-state index in [1.54, 1.807) is 18.2 Å². The number of benzene rings is 5. The lowest BCUT2D eigenvalue weighted by Gasteiger charge is -2.25. The lowest BCUT2D eigenvalue weighted by Crippen LogP contribution is -2.51. The van der Waals surface area contributed by atoms with Crippen LogP contribution in [0.5, 0.6) is 0 Å². The molecule has 45 heavy (non-hydrogen) atoms. The number of hydrazine groups is 1. The molecule has 1 fully saturated rings. The van der Waals surface area contributed by atoms with Gasteiger partial charge in [-0.05, 0) is 28.1 Å². The van der Waals surface area contributed by atoms with Gasteiger partial charge in [0.2, 0.25) is 0 Å². The van der Waals surface area contributed by atoms with Crippen LogP contribution in [0, 0.1) is 0 Å². The van der Waals surface area contributed by atoms with Gasteiger partial charge in [-0.3, -0.25) is 0 Å². The SMILES string of the molecule is O=S(=O)(NN[C@H]1O[C@H](COCc2ccccc2)[C@@H](OCc2ccccc2)[C@H]1OCc1ccccc1)c1cccc2ccccc12. The second-order valence-corrected chi connectivity index (χ2v) is 12.5. The normalized spacial score (nSPS) is 20.0. The first-order chi connectivity index (χ1) is 22.1. The molecule has 5 aromatic carbocycles. The Balaban J connectivity index is 1.23. The van der Waals surface area contributed by atoms with Crippen LogP contribution in [0.1, 0.15) is 16.7 Å². The van der Waals surface area contributed by atoms with Crippen LogP contribution < -0.4 is 10.3 Å². The van der Waals surface area contributed by atoms with E-state index in [0.717, 1.165) is 22.1 Å². The van der Waals surface area contributed by atoms with Gasteiger partial charge in [-0.2, -0.15) is 0 Å². The summed E-state index contributed by atoms with van der Waals surface area (Å²) in [5, 5.41) is 1.45. The summed E-state index contributed by atoms with van der Waals surface area (Å²) in [6.07, 6.45) is -2.65. The molecule has 0 amide bonds. The highest BCUT2D eigenvalue weighted by molar-refractivity contribution is 7.89. The van der Waals surface area contributed by atoms with Crippen molar-refractivity contribution in [1.82, 2.24) is 10.3 Å². The molecule has 0 aromatic heterocycles. The zero-order valence-electron chi connectivity index (χ0n) is 24.7. The highest BCUT2D eigenvalue weighted by atomic mass is 32.2. The first-order valence-electron chi connectivity index (χ1n) is 14.9. The first kappa shape index (κ1) is 31.1. The van der Waals surface area contributed by atoms with E-state index < -0.39 is 34.6 Å². The van der Waals surface area contributed by atoms with Crippen LogP contribution in [0.2, 0.25) is 0 Å². The average molecular weight is 625 g/mol. The van der Waals surface area contributed by atoms with E-state index in [9.17, 15) is 8.42 Å². The number of nitrogens with one attached hydrogen (secondary N) is 2. The van der Waals surface area contributed by atoms with Crippen LogP contribution in [0.4, 0.5) is 0 Å².